The van der Waals surface area contributed by atoms with Crippen LogP contribution in [0, 0.1) is 5.41 Å². The molecule has 0 radical (unpaired) electrons. The first-order valence-corrected chi connectivity index (χ1v) is 6.59. The van der Waals surface area contributed by atoms with Crippen LogP contribution in [0.1, 0.15) is 31.7 Å². The van der Waals surface area contributed by atoms with Gasteiger partial charge >= 0.3 is 0 Å². The van der Waals surface area contributed by atoms with E-state index in [2.05, 4.69) is 49.5 Å². The van der Waals surface area contributed by atoms with Crippen molar-refractivity contribution in [2.24, 2.45) is 5.41 Å². The number of hydrogen-bond donors (Lipinski definition) is 1. The standard InChI is InChI=1S/C15H23NO/c1-3-17-12-15(2)9-10-16-11-14(15)13-7-5-4-6-8-13/h4-8,14,16H,3,9-12H2,1-2H3. The highest BCUT2D eigenvalue weighted by atomic mass is 16.5. The summed E-state index contributed by atoms with van der Waals surface area (Å²) in [5.41, 5.74) is 1.70. The van der Waals surface area contributed by atoms with Crippen molar-refractivity contribution in [3.63, 3.8) is 0 Å². The largest absolute Gasteiger partial charge is 0.381 e. The highest BCUT2D eigenvalue weighted by molar-refractivity contribution is 5.23. The summed E-state index contributed by atoms with van der Waals surface area (Å²) < 4.78 is 5.70. The van der Waals surface area contributed by atoms with Crippen LogP contribution in [-0.2, 0) is 4.74 Å². The lowest BCUT2D eigenvalue weighted by atomic mass is 9.70. The average Bonchev–Trinajstić information content (AvgIpc) is 2.38. The average molecular weight is 233 g/mol. The molecule has 1 saturated heterocycles. The molecule has 1 aromatic rings. The molecule has 17 heavy (non-hydrogen) atoms. The Morgan fingerprint density at radius 2 is 2.12 bits per heavy atom. The predicted octanol–water partition coefficient (Wildman–Crippen LogP) is 2.81. The molecule has 2 rings (SSSR count). The van der Waals surface area contributed by atoms with Gasteiger partial charge in [-0.15, -0.1) is 0 Å². The van der Waals surface area contributed by atoms with Crippen molar-refractivity contribution in [2.75, 3.05) is 26.3 Å². The van der Waals surface area contributed by atoms with Crippen LogP contribution in [0.2, 0.25) is 0 Å². The summed E-state index contributed by atoms with van der Waals surface area (Å²) in [6, 6.07) is 10.8. The van der Waals surface area contributed by atoms with Crippen molar-refractivity contribution in [1.82, 2.24) is 5.32 Å². The Morgan fingerprint density at radius 1 is 1.35 bits per heavy atom. The molecule has 0 bridgehead atoms. The van der Waals surface area contributed by atoms with Crippen molar-refractivity contribution in [1.29, 1.82) is 0 Å². The van der Waals surface area contributed by atoms with Gasteiger partial charge in [0.25, 0.3) is 0 Å². The van der Waals surface area contributed by atoms with Crippen LogP contribution in [0.4, 0.5) is 0 Å². The minimum atomic E-state index is 0.266. The first-order chi connectivity index (χ1) is 8.26. The molecule has 1 aliphatic heterocycles. The summed E-state index contributed by atoms with van der Waals surface area (Å²) in [5, 5.41) is 3.51. The Kier molecular flexibility index (Phi) is 4.19. The van der Waals surface area contributed by atoms with Crippen LogP contribution in [-0.4, -0.2) is 26.3 Å². The molecule has 2 unspecified atom stereocenters. The fourth-order valence-corrected chi connectivity index (χ4v) is 2.75. The third-order valence-corrected chi connectivity index (χ3v) is 3.90. The van der Waals surface area contributed by atoms with Crippen LogP contribution in [0.25, 0.3) is 0 Å². The van der Waals surface area contributed by atoms with Crippen molar-refractivity contribution in [2.45, 2.75) is 26.2 Å². The monoisotopic (exact) mass is 233 g/mol. The minimum absolute atomic E-state index is 0.266. The van der Waals surface area contributed by atoms with Gasteiger partial charge in [-0.3, -0.25) is 0 Å². The lowest BCUT2D eigenvalue weighted by Crippen LogP contribution is -2.44. The smallest absolute Gasteiger partial charge is 0.0526 e. The van der Waals surface area contributed by atoms with E-state index in [1.807, 2.05) is 0 Å². The maximum Gasteiger partial charge on any atom is 0.0526 e. The number of benzene rings is 1. The third-order valence-electron chi connectivity index (χ3n) is 3.90. The molecule has 94 valence electrons. The van der Waals surface area contributed by atoms with Gasteiger partial charge in [0.2, 0.25) is 0 Å². The number of hydrogen-bond acceptors (Lipinski definition) is 2. The van der Waals surface area contributed by atoms with Gasteiger partial charge in [0.15, 0.2) is 0 Å². The molecule has 0 spiro atoms. The van der Waals surface area contributed by atoms with Gasteiger partial charge in [-0.1, -0.05) is 37.3 Å². The molecule has 1 fully saturated rings. The third kappa shape index (κ3) is 2.88. The maximum absolute atomic E-state index is 5.70. The van der Waals surface area contributed by atoms with Crippen molar-refractivity contribution in [3.05, 3.63) is 35.9 Å². The van der Waals surface area contributed by atoms with E-state index in [1.54, 1.807) is 0 Å². The van der Waals surface area contributed by atoms with Gasteiger partial charge in [0.1, 0.15) is 0 Å². The summed E-state index contributed by atoms with van der Waals surface area (Å²) in [5.74, 6) is 0.559. The molecule has 0 aliphatic carbocycles. The zero-order valence-corrected chi connectivity index (χ0v) is 10.9. The molecule has 2 atom stereocenters. The van der Waals surface area contributed by atoms with Crippen LogP contribution >= 0.6 is 0 Å². The van der Waals surface area contributed by atoms with Crippen molar-refractivity contribution >= 4 is 0 Å². The number of nitrogens with one attached hydrogen (secondary N) is 1. The van der Waals surface area contributed by atoms with Gasteiger partial charge in [0, 0.05) is 24.5 Å². The summed E-state index contributed by atoms with van der Waals surface area (Å²) in [4.78, 5) is 0. The zero-order valence-electron chi connectivity index (χ0n) is 10.9. The lowest BCUT2D eigenvalue weighted by Gasteiger charge is -2.42. The van der Waals surface area contributed by atoms with Crippen LogP contribution in [0.3, 0.4) is 0 Å². The summed E-state index contributed by atoms with van der Waals surface area (Å²) in [6.45, 7) is 8.28. The summed E-state index contributed by atoms with van der Waals surface area (Å²) >= 11 is 0. The fraction of sp³-hybridized carbons (Fsp3) is 0.600. The van der Waals surface area contributed by atoms with Crippen LogP contribution in [0.15, 0.2) is 30.3 Å². The second-order valence-electron chi connectivity index (χ2n) is 5.21. The van der Waals surface area contributed by atoms with E-state index in [0.29, 0.717) is 5.92 Å². The van der Waals surface area contributed by atoms with E-state index in [4.69, 9.17) is 4.74 Å². The van der Waals surface area contributed by atoms with Gasteiger partial charge in [0.05, 0.1) is 6.61 Å². The quantitative estimate of drug-likeness (QED) is 0.863. The normalized spacial score (nSPS) is 29.2. The Bertz CT molecular complexity index is 338. The predicted molar refractivity (Wildman–Crippen MR) is 71.3 cm³/mol. The molecule has 1 N–H and O–H groups in total. The number of rotatable bonds is 4. The molecule has 1 aliphatic rings. The molecule has 2 nitrogen and oxygen atoms in total. The van der Waals surface area contributed by atoms with Crippen LogP contribution in [0.5, 0.6) is 0 Å². The second-order valence-corrected chi connectivity index (χ2v) is 5.21. The van der Waals surface area contributed by atoms with Gasteiger partial charge in [-0.05, 0) is 25.5 Å². The molecule has 0 aromatic heterocycles. The Hall–Kier alpha value is -0.860. The number of piperidine rings is 1. The van der Waals surface area contributed by atoms with Crippen molar-refractivity contribution in [3.8, 4) is 0 Å². The van der Waals surface area contributed by atoms with E-state index < -0.39 is 0 Å². The van der Waals surface area contributed by atoms with E-state index in [9.17, 15) is 0 Å². The highest BCUT2D eigenvalue weighted by Gasteiger charge is 2.37. The highest BCUT2D eigenvalue weighted by Crippen LogP contribution is 2.40. The molecule has 2 heteroatoms. The van der Waals surface area contributed by atoms with Crippen molar-refractivity contribution < 1.29 is 4.74 Å². The summed E-state index contributed by atoms with van der Waals surface area (Å²) in [7, 11) is 0. The number of ether oxygens (including phenoxy) is 1. The first-order valence-electron chi connectivity index (χ1n) is 6.59. The van der Waals surface area contributed by atoms with Gasteiger partial charge < -0.3 is 10.1 Å². The Labute approximate surface area is 104 Å². The SMILES string of the molecule is CCOCC1(C)CCNCC1c1ccccc1. The summed E-state index contributed by atoms with van der Waals surface area (Å²) in [6.07, 6.45) is 1.19. The topological polar surface area (TPSA) is 21.3 Å². The molecule has 1 heterocycles. The minimum Gasteiger partial charge on any atom is -0.381 e. The molecule has 1 aromatic carbocycles. The van der Waals surface area contributed by atoms with Gasteiger partial charge in [-0.25, -0.2) is 0 Å². The van der Waals surface area contributed by atoms with E-state index >= 15 is 0 Å². The lowest BCUT2D eigenvalue weighted by molar-refractivity contribution is 0.0279. The molecular formula is C15H23NO. The van der Waals surface area contributed by atoms with E-state index in [-0.39, 0.29) is 5.41 Å². The van der Waals surface area contributed by atoms with Crippen LogP contribution < -0.4 is 5.32 Å². The zero-order chi connectivity index (χ0) is 12.1. The Balaban J connectivity index is 2.17. The Morgan fingerprint density at radius 3 is 2.82 bits per heavy atom. The fourth-order valence-electron chi connectivity index (χ4n) is 2.75. The second kappa shape index (κ2) is 5.65. The maximum atomic E-state index is 5.70. The first kappa shape index (κ1) is 12.6. The molecule has 0 amide bonds. The van der Waals surface area contributed by atoms with Gasteiger partial charge in [-0.2, -0.15) is 0 Å². The van der Waals surface area contributed by atoms with E-state index in [1.165, 1.54) is 12.0 Å². The molecular weight excluding hydrogens is 210 g/mol. The molecule has 0 saturated carbocycles. The van der Waals surface area contributed by atoms with E-state index in [0.717, 1.165) is 26.3 Å².